The van der Waals surface area contributed by atoms with Gasteiger partial charge in [0.15, 0.2) is 0 Å². The molecule has 2 N–H and O–H groups in total. The number of sulfonamides is 1. The fourth-order valence-electron chi connectivity index (χ4n) is 10.0. The summed E-state index contributed by atoms with van der Waals surface area (Å²) >= 11 is 0. The molecule has 2 bridgehead atoms. The summed E-state index contributed by atoms with van der Waals surface area (Å²) in [7, 11) is -2.49. The van der Waals surface area contributed by atoms with Crippen LogP contribution in [-0.2, 0) is 40.5 Å². The maximum Gasteiger partial charge on any atom is 0.306 e. The molecule has 4 aliphatic carbocycles. The number of carbonyl (C=O) groups is 4. The van der Waals surface area contributed by atoms with E-state index in [4.69, 9.17) is 19.2 Å². The Morgan fingerprint density at radius 1 is 0.983 bits per heavy atom. The number of hydrogen-bond acceptors (Lipinski definition) is 11. The molecule has 5 fully saturated rings. The average molecular weight is 836 g/mol. The number of amides is 3. The van der Waals surface area contributed by atoms with Gasteiger partial charge in [-0.2, -0.15) is 4.98 Å². The molecule has 3 heterocycles. The number of methoxy groups -OCH3 is 1. The number of nitrogens with one attached hydrogen (secondary N) is 2. The Hall–Kier alpha value is -4.47. The molecule has 16 heteroatoms. The highest BCUT2D eigenvalue weighted by molar-refractivity contribution is 7.91. The molecular weight excluding hydrogens is 779 g/mol. The molecule has 3 amide bonds. The van der Waals surface area contributed by atoms with E-state index < -0.39 is 62.1 Å². The highest BCUT2D eigenvalue weighted by Gasteiger charge is 2.63. The number of nitrogens with zero attached hydrogens (tertiary/aromatic N) is 3. The highest BCUT2D eigenvalue weighted by Crippen LogP contribution is 2.47. The maximum atomic E-state index is 15.0. The van der Waals surface area contributed by atoms with Crippen molar-refractivity contribution in [2.45, 2.75) is 145 Å². The lowest BCUT2D eigenvalue weighted by Gasteiger charge is -2.32. The predicted octanol–water partition coefficient (Wildman–Crippen LogP) is 4.30. The van der Waals surface area contributed by atoms with Gasteiger partial charge in [0.1, 0.15) is 29.5 Å². The topological polar surface area (TPSA) is 192 Å². The van der Waals surface area contributed by atoms with Crippen LogP contribution in [0.15, 0.2) is 35.6 Å². The van der Waals surface area contributed by atoms with Crippen LogP contribution < -0.4 is 25.1 Å². The van der Waals surface area contributed by atoms with E-state index in [0.717, 1.165) is 64.2 Å². The molecule has 0 unspecified atom stereocenters. The van der Waals surface area contributed by atoms with E-state index in [1.54, 1.807) is 25.1 Å². The number of carbonyl (C=O) groups excluding carboxylic acids is 4. The summed E-state index contributed by atoms with van der Waals surface area (Å²) in [6.45, 7) is 5.67. The van der Waals surface area contributed by atoms with Crippen LogP contribution in [-0.4, -0.2) is 88.7 Å². The van der Waals surface area contributed by atoms with Crippen molar-refractivity contribution >= 4 is 44.6 Å². The summed E-state index contributed by atoms with van der Waals surface area (Å²) in [5.41, 5.74) is -1.48. The third-order valence-corrected chi connectivity index (χ3v) is 16.3. The van der Waals surface area contributed by atoms with Crippen molar-refractivity contribution in [3.8, 4) is 11.8 Å². The Labute approximate surface area is 345 Å². The van der Waals surface area contributed by atoms with Crippen LogP contribution in [0.25, 0.3) is 10.9 Å². The Kier molecular flexibility index (Phi) is 11.3. The van der Waals surface area contributed by atoms with E-state index in [2.05, 4.69) is 16.6 Å². The van der Waals surface area contributed by atoms with Gasteiger partial charge in [0.05, 0.1) is 41.6 Å². The van der Waals surface area contributed by atoms with Gasteiger partial charge in [-0.05, 0) is 95.1 Å². The van der Waals surface area contributed by atoms with Gasteiger partial charge in [-0.3, -0.25) is 33.3 Å². The molecule has 1 aromatic heterocycles. The van der Waals surface area contributed by atoms with E-state index in [0.29, 0.717) is 42.5 Å². The van der Waals surface area contributed by atoms with Gasteiger partial charge in [0.25, 0.3) is 17.5 Å². The van der Waals surface area contributed by atoms with Crippen LogP contribution in [0.5, 0.6) is 11.8 Å². The molecule has 2 aromatic rings. The van der Waals surface area contributed by atoms with Crippen molar-refractivity contribution in [1.29, 1.82) is 0 Å². The minimum atomic E-state index is -4.01. The molecule has 59 heavy (non-hydrogen) atoms. The smallest absolute Gasteiger partial charge is 0.306 e. The fourth-order valence-corrected chi connectivity index (χ4v) is 11.3. The van der Waals surface area contributed by atoms with Gasteiger partial charge in [0, 0.05) is 24.9 Å². The zero-order valence-corrected chi connectivity index (χ0v) is 34.9. The molecule has 2 aliphatic heterocycles. The first-order valence-electron chi connectivity index (χ1n) is 21.5. The summed E-state index contributed by atoms with van der Waals surface area (Å²) in [6, 6.07) is 3.96. The largest absolute Gasteiger partial charge is 0.497 e. The molecule has 1 saturated heterocycles. The molecule has 15 nitrogen and oxygen atoms in total. The van der Waals surface area contributed by atoms with E-state index in [1.165, 1.54) is 22.7 Å². The number of ether oxygens (including phenoxy) is 3. The second-order valence-corrected chi connectivity index (χ2v) is 20.2. The van der Waals surface area contributed by atoms with Crippen LogP contribution in [0.4, 0.5) is 0 Å². The summed E-state index contributed by atoms with van der Waals surface area (Å²) in [6.07, 6.45) is 10.7. The Bertz CT molecular complexity index is 2180. The van der Waals surface area contributed by atoms with E-state index in [-0.39, 0.29) is 61.2 Å². The highest BCUT2D eigenvalue weighted by atomic mass is 32.2. The molecule has 8 rings (SSSR count). The lowest BCUT2D eigenvalue weighted by atomic mass is 9.86. The third-order valence-electron chi connectivity index (χ3n) is 14.1. The number of hydrogen-bond donors (Lipinski definition) is 2. The molecule has 4 saturated carbocycles. The number of aromatic nitrogens is 2. The van der Waals surface area contributed by atoms with Crippen molar-refractivity contribution < 1.29 is 41.8 Å². The van der Waals surface area contributed by atoms with Crippen molar-refractivity contribution in [3.63, 3.8) is 0 Å². The van der Waals surface area contributed by atoms with E-state index in [9.17, 15) is 32.4 Å². The first-order chi connectivity index (χ1) is 28.3. The van der Waals surface area contributed by atoms with Crippen LogP contribution >= 0.6 is 0 Å². The zero-order valence-electron chi connectivity index (χ0n) is 34.1. The molecule has 0 radical (unpaired) electrons. The summed E-state index contributed by atoms with van der Waals surface area (Å²) < 4.78 is 47.1. The Balaban J connectivity index is 1.14. The van der Waals surface area contributed by atoms with Crippen molar-refractivity contribution in [2.24, 2.45) is 23.7 Å². The second kappa shape index (κ2) is 16.2. The lowest BCUT2D eigenvalue weighted by Crippen LogP contribution is -2.57. The lowest BCUT2D eigenvalue weighted by molar-refractivity contribution is -0.156. The van der Waals surface area contributed by atoms with Gasteiger partial charge in [-0.25, -0.2) is 8.42 Å². The van der Waals surface area contributed by atoms with Gasteiger partial charge >= 0.3 is 5.97 Å². The van der Waals surface area contributed by atoms with Gasteiger partial charge in [-0.1, -0.05) is 31.8 Å². The van der Waals surface area contributed by atoms with Crippen LogP contribution in [0, 0.1) is 23.7 Å². The SMILES string of the molecule is C=C[C@H]1C[C@]1(NC(=O)[C@@H]1C[C@@H]2CN1C(=O)[C@H](C1CCCC1)CC(=O)O[C@@H]1CCC[C@H]1CCCCCn1c(nc3cc(OC)ccc3c1=O)O2)C(=O)NS(=O)(=O)C1(C)CC1. The van der Waals surface area contributed by atoms with Crippen molar-refractivity contribution in [1.82, 2.24) is 24.5 Å². The Morgan fingerprint density at radius 3 is 2.42 bits per heavy atom. The molecular formula is C43H57N5O10S. The standard InChI is InChI=1S/C43H57N5O10S/c1-4-28-24-43(28,40(53)46-59(54,55)42(2)18-19-42)45-37(50)34-22-30-25-48(34)39(52)32(26-11-7-8-12-26)23-36(49)58-35-15-10-14-27(35)13-6-5-9-20-47-38(51)31-17-16-29(56-3)21-33(31)44-41(47)57-30/h4,16-17,21,26-28,30,32,34-35H,1,5-15,18-20,22-25H2,2-3H3,(H,45,50)(H,46,53)/t27-,28+,30-,32+,34+,35-,43-/m1/s1. The van der Waals surface area contributed by atoms with E-state index >= 15 is 0 Å². The summed E-state index contributed by atoms with van der Waals surface area (Å²) in [5.74, 6) is -2.93. The average Bonchev–Trinajstić information content (AvgIpc) is 3.83. The molecule has 320 valence electrons. The minimum absolute atomic E-state index is 0.0119. The predicted molar refractivity (Wildman–Crippen MR) is 217 cm³/mol. The molecule has 0 spiro atoms. The number of rotatable bonds is 8. The molecule has 7 atom stereocenters. The first-order valence-corrected chi connectivity index (χ1v) is 23.0. The minimum Gasteiger partial charge on any atom is -0.497 e. The number of fused-ring (bicyclic) bond motifs is 5. The van der Waals surface area contributed by atoms with Gasteiger partial charge in [0.2, 0.25) is 21.8 Å². The zero-order chi connectivity index (χ0) is 41.7. The monoisotopic (exact) mass is 835 g/mol. The molecule has 6 aliphatic rings. The van der Waals surface area contributed by atoms with Gasteiger partial charge in [-0.15, -0.1) is 6.58 Å². The Morgan fingerprint density at radius 2 is 1.71 bits per heavy atom. The molecule has 1 aromatic carbocycles. The van der Waals surface area contributed by atoms with Crippen LogP contribution in [0.3, 0.4) is 0 Å². The first kappa shape index (κ1) is 41.3. The van der Waals surface area contributed by atoms with Gasteiger partial charge < -0.3 is 24.4 Å². The van der Waals surface area contributed by atoms with Crippen LogP contribution in [0.1, 0.15) is 110 Å². The van der Waals surface area contributed by atoms with Crippen LogP contribution in [0.2, 0.25) is 0 Å². The van der Waals surface area contributed by atoms with Crippen molar-refractivity contribution in [2.75, 3.05) is 13.7 Å². The number of esters is 1. The maximum absolute atomic E-state index is 15.0. The summed E-state index contributed by atoms with van der Waals surface area (Å²) in [5, 5.41) is 3.26. The number of benzene rings is 1. The quantitative estimate of drug-likeness (QED) is 0.285. The fraction of sp³-hybridized carbons (Fsp3) is 0.674. The second-order valence-electron chi connectivity index (χ2n) is 18.0. The normalized spacial score (nSPS) is 31.2. The van der Waals surface area contributed by atoms with E-state index in [1.807, 2.05) is 0 Å². The van der Waals surface area contributed by atoms with Crippen molar-refractivity contribution in [3.05, 3.63) is 41.2 Å². The third kappa shape index (κ3) is 8.09. The summed E-state index contributed by atoms with van der Waals surface area (Å²) in [4.78, 5) is 77.4.